The number of benzene rings is 1. The average Bonchev–Trinajstić information content (AvgIpc) is 3.31. The summed E-state index contributed by atoms with van der Waals surface area (Å²) in [6.45, 7) is 6.84. The van der Waals surface area contributed by atoms with Crippen LogP contribution in [0.2, 0.25) is 0 Å². The second-order valence-electron chi connectivity index (χ2n) is 17.7. The van der Waals surface area contributed by atoms with Crippen molar-refractivity contribution in [1.29, 1.82) is 0 Å². The number of fused-ring (bicyclic) bond motifs is 1. The van der Waals surface area contributed by atoms with Gasteiger partial charge in [0.2, 0.25) is 53.2 Å². The number of nitrogens with one attached hydrogen (secondary N) is 9. The molecule has 0 fully saturated rings. The van der Waals surface area contributed by atoms with Crippen LogP contribution in [0.1, 0.15) is 103 Å². The lowest BCUT2D eigenvalue weighted by Gasteiger charge is -2.25. The van der Waals surface area contributed by atoms with E-state index in [1.807, 2.05) is 10.6 Å². The number of nitrogen functional groups attached to an aromatic ring is 1. The number of amides is 9. The number of carboxylic acids is 4. The lowest BCUT2D eigenvalue weighted by atomic mass is 10.0. The molecule has 1 heterocycles. The summed E-state index contributed by atoms with van der Waals surface area (Å²) in [5, 5.41) is 58.6. The standard InChI is InChI=1S/C47H66N10O19/c1-22-28-14-13-27(48)17-34(28)76-47(75)29(22)18-36(60)50-15-9-6-7-12-35(59)49-16-10-8-11-30(54-26(5)58)42(68)52-24(3)41(67)55-31(20-38(62)63)43(69)56-32(21-39(64)65)44(70)57-33(46(73)74)19-37(61)51-23(2)40(66)53-25(4)45(71)72/h13-14,17,23-25,30-33H,6-12,15-16,18-21,48H2,1-5H3,(H,49,59)(H,50,60)(H,51,61)(H,52,68)(H,53,66)(H,54,58)(H,55,67)(H,56,69)(H,57,70)(H,62,63)(H,64,65)(H,71,72)(H,73,74)/t23-,24-,25-,30-,31-,32-,33-/m0/s1. The monoisotopic (exact) mass is 1070 g/mol. The molecule has 0 aliphatic carbocycles. The van der Waals surface area contributed by atoms with Gasteiger partial charge in [0.1, 0.15) is 47.9 Å². The van der Waals surface area contributed by atoms with E-state index in [4.69, 9.17) is 15.3 Å². The zero-order valence-electron chi connectivity index (χ0n) is 42.5. The van der Waals surface area contributed by atoms with Gasteiger partial charge in [-0.1, -0.05) is 6.42 Å². The van der Waals surface area contributed by atoms with Crippen LogP contribution < -0.4 is 59.2 Å². The molecule has 29 heteroatoms. The molecular weight excluding hydrogens is 1010 g/mol. The van der Waals surface area contributed by atoms with Gasteiger partial charge in [-0.05, 0) is 77.5 Å². The van der Waals surface area contributed by atoms with Crippen molar-refractivity contribution in [1.82, 2.24) is 47.9 Å². The average molecular weight is 1080 g/mol. The number of rotatable bonds is 33. The summed E-state index contributed by atoms with van der Waals surface area (Å²) in [6.07, 6.45) is -0.970. The molecule has 9 amide bonds. The van der Waals surface area contributed by atoms with E-state index in [2.05, 4.69) is 37.2 Å². The van der Waals surface area contributed by atoms with Gasteiger partial charge in [0.15, 0.2) is 0 Å². The Labute approximate surface area is 434 Å². The first-order valence-corrected chi connectivity index (χ1v) is 23.9. The van der Waals surface area contributed by atoms with Crippen molar-refractivity contribution in [2.45, 2.75) is 148 Å². The minimum absolute atomic E-state index is 0.0382. The van der Waals surface area contributed by atoms with E-state index in [1.165, 1.54) is 6.07 Å². The molecule has 0 spiro atoms. The van der Waals surface area contributed by atoms with E-state index in [-0.39, 0.29) is 43.2 Å². The van der Waals surface area contributed by atoms with Crippen LogP contribution in [0.3, 0.4) is 0 Å². The molecule has 0 unspecified atom stereocenters. The van der Waals surface area contributed by atoms with Gasteiger partial charge in [-0.2, -0.15) is 0 Å². The van der Waals surface area contributed by atoms with Gasteiger partial charge in [0.25, 0.3) is 0 Å². The van der Waals surface area contributed by atoms with Crippen LogP contribution in [0.5, 0.6) is 0 Å². The second kappa shape index (κ2) is 31.2. The molecule has 15 N–H and O–H groups in total. The first-order valence-electron chi connectivity index (χ1n) is 23.9. The van der Waals surface area contributed by atoms with E-state index in [9.17, 15) is 82.4 Å². The number of carbonyl (C=O) groups excluding carboxylic acids is 9. The Morgan fingerprint density at radius 3 is 1.63 bits per heavy atom. The molecule has 2 rings (SSSR count). The van der Waals surface area contributed by atoms with E-state index < -0.39 is 132 Å². The molecule has 7 atom stereocenters. The Bertz CT molecular complexity index is 2570. The number of anilines is 1. The van der Waals surface area contributed by atoms with E-state index in [1.54, 1.807) is 19.1 Å². The molecular formula is C47H66N10O19. The molecule has 29 nitrogen and oxygen atoms in total. The highest BCUT2D eigenvalue weighted by atomic mass is 16.4. The fourth-order valence-electron chi connectivity index (χ4n) is 7.10. The van der Waals surface area contributed by atoms with Gasteiger partial charge in [0, 0.05) is 43.6 Å². The van der Waals surface area contributed by atoms with Crippen LogP contribution in [-0.4, -0.2) is 153 Å². The van der Waals surface area contributed by atoms with Crippen LogP contribution >= 0.6 is 0 Å². The third-order valence-corrected chi connectivity index (χ3v) is 11.3. The Hall–Kier alpha value is -8.66. The van der Waals surface area contributed by atoms with Crippen molar-refractivity contribution in [3.05, 3.63) is 39.7 Å². The predicted molar refractivity (Wildman–Crippen MR) is 264 cm³/mol. The first kappa shape index (κ1) is 63.5. The van der Waals surface area contributed by atoms with E-state index in [0.717, 1.165) is 27.7 Å². The molecule has 0 saturated heterocycles. The van der Waals surface area contributed by atoms with Crippen molar-refractivity contribution >= 4 is 93.7 Å². The maximum Gasteiger partial charge on any atom is 0.340 e. The minimum atomic E-state index is -2.12. The fraction of sp³-hybridized carbons (Fsp3) is 0.532. The smallest absolute Gasteiger partial charge is 0.340 e. The summed E-state index contributed by atoms with van der Waals surface area (Å²) >= 11 is 0. The molecule has 76 heavy (non-hydrogen) atoms. The largest absolute Gasteiger partial charge is 0.481 e. The van der Waals surface area contributed by atoms with Gasteiger partial charge in [-0.25, -0.2) is 9.59 Å². The molecule has 0 saturated carbocycles. The number of aliphatic carboxylic acids is 4. The maximum atomic E-state index is 13.3. The van der Waals surface area contributed by atoms with Crippen molar-refractivity contribution < 1.29 is 87.2 Å². The third kappa shape index (κ3) is 22.6. The molecule has 0 aliphatic heterocycles. The zero-order chi connectivity index (χ0) is 57.4. The topological polar surface area (TPSA) is 467 Å². The molecule has 0 aliphatic rings. The Morgan fingerprint density at radius 2 is 1.07 bits per heavy atom. The van der Waals surface area contributed by atoms with E-state index >= 15 is 0 Å². The van der Waals surface area contributed by atoms with Crippen LogP contribution in [0.25, 0.3) is 11.0 Å². The number of carbonyl (C=O) groups is 13. The van der Waals surface area contributed by atoms with Gasteiger partial charge in [-0.15, -0.1) is 0 Å². The highest BCUT2D eigenvalue weighted by Gasteiger charge is 2.34. The van der Waals surface area contributed by atoms with Gasteiger partial charge in [0.05, 0.1) is 31.2 Å². The van der Waals surface area contributed by atoms with Gasteiger partial charge in [-0.3, -0.25) is 57.5 Å². The number of hydrogen-bond acceptors (Lipinski definition) is 16. The fourth-order valence-corrected chi connectivity index (χ4v) is 7.10. The van der Waals surface area contributed by atoms with Gasteiger partial charge >= 0.3 is 29.5 Å². The Morgan fingerprint density at radius 1 is 0.553 bits per heavy atom. The zero-order valence-corrected chi connectivity index (χ0v) is 42.5. The lowest BCUT2D eigenvalue weighted by molar-refractivity contribution is -0.146. The Balaban J connectivity index is 1.88. The summed E-state index contributed by atoms with van der Waals surface area (Å²) in [5.41, 5.74) is 6.78. The first-order chi connectivity index (χ1) is 35.6. The van der Waals surface area contributed by atoms with Crippen molar-refractivity contribution in [2.24, 2.45) is 0 Å². The van der Waals surface area contributed by atoms with Crippen LogP contribution in [-0.2, 0) is 68.7 Å². The van der Waals surface area contributed by atoms with E-state index in [0.29, 0.717) is 60.9 Å². The van der Waals surface area contributed by atoms with Crippen LogP contribution in [0.4, 0.5) is 5.69 Å². The highest BCUT2D eigenvalue weighted by Crippen LogP contribution is 2.22. The number of carboxylic acid groups (broad SMARTS) is 4. The number of hydrogen-bond donors (Lipinski definition) is 14. The van der Waals surface area contributed by atoms with Crippen molar-refractivity contribution in [2.75, 3.05) is 18.8 Å². The molecule has 1 aromatic carbocycles. The third-order valence-electron chi connectivity index (χ3n) is 11.3. The summed E-state index contributed by atoms with van der Waals surface area (Å²) < 4.78 is 5.34. The Kier molecular flexibility index (Phi) is 26.0. The summed E-state index contributed by atoms with van der Waals surface area (Å²) in [6, 6.07) is -6.73. The van der Waals surface area contributed by atoms with Crippen molar-refractivity contribution in [3.8, 4) is 0 Å². The predicted octanol–water partition coefficient (Wildman–Crippen LogP) is -2.83. The summed E-state index contributed by atoms with van der Waals surface area (Å²) in [4.78, 5) is 173. The summed E-state index contributed by atoms with van der Waals surface area (Å²) in [5.74, 6) is -14.8. The number of aryl methyl sites for hydroxylation is 1. The lowest BCUT2D eigenvalue weighted by Crippen LogP contribution is -2.59. The van der Waals surface area contributed by atoms with Crippen LogP contribution in [0, 0.1) is 6.92 Å². The molecule has 1 aromatic heterocycles. The second-order valence-corrected chi connectivity index (χ2v) is 17.7. The quantitative estimate of drug-likeness (QED) is 0.0195. The molecule has 0 radical (unpaired) electrons. The van der Waals surface area contributed by atoms with Gasteiger partial charge < -0.3 is 78.4 Å². The molecule has 0 bridgehead atoms. The SMILES string of the molecule is CC(=O)N[C@@H](CCCCNC(=O)CCCCCNC(=O)Cc1c(C)c2ccc(N)cc2oc1=O)C(=O)N[C@@H](C)C(=O)N[C@@H](CC(=O)O)C(=O)N[C@@H](CC(=O)O)C(=O)N[C@@H](CC(=O)N[C@@H](C)C(=O)N[C@@H](C)C(=O)O)C(=O)O. The summed E-state index contributed by atoms with van der Waals surface area (Å²) in [7, 11) is 0. The highest BCUT2D eigenvalue weighted by molar-refractivity contribution is 5.99. The molecule has 2 aromatic rings. The minimum Gasteiger partial charge on any atom is -0.481 e. The number of nitrogens with two attached hydrogens (primary N) is 1. The van der Waals surface area contributed by atoms with Crippen LogP contribution in [0.15, 0.2) is 27.4 Å². The number of unbranched alkanes of at least 4 members (excludes halogenated alkanes) is 3. The normalized spacial score (nSPS) is 13.6. The van der Waals surface area contributed by atoms with Crippen molar-refractivity contribution in [3.63, 3.8) is 0 Å². The maximum absolute atomic E-state index is 13.3. The molecule has 418 valence electrons.